The van der Waals surface area contributed by atoms with Crippen molar-refractivity contribution in [3.63, 3.8) is 0 Å². The number of allylic oxidation sites excluding steroid dienone is 1. The van der Waals surface area contributed by atoms with E-state index in [1.54, 1.807) is 0 Å². The molecule has 9 rings (SSSR count). The zero-order valence-electron chi connectivity index (χ0n) is 32.2. The molecule has 10 atom stereocenters. The largest absolute Gasteiger partial charge is 0.586 e. The molecular formula is C40H47F2N5O10S. The standard InChI is InChI=1S/C40H47F2N5O10S/c1-20-5-3-4-6-24-18-39(24,37(50)46-58(52,53)27-7-8-27)45-34(48)30-17-26(54-35-29-9-10-31-33(28(29)11-12-43-35)57-40(41,42)56-31)19-47(30)36(49)32(21(2)13-20)44-38(51)55-25-15-22-14-23(22)16-25/h4,6,9-12,20-27,30,32H,3,5,7-8,13-19H2,1-2H3,(H,44,51)(H,45,48)(H,46,50)/b6-4-/t20-,21+,22-,23+,24+,25?,26+,30-,32-,39+/m0/s1. The fraction of sp³-hybridized carbons (Fsp3) is 0.625. The second kappa shape index (κ2) is 14.2. The van der Waals surface area contributed by atoms with E-state index in [9.17, 15) is 36.4 Å². The van der Waals surface area contributed by atoms with Gasteiger partial charge in [-0.3, -0.25) is 19.1 Å². The highest BCUT2D eigenvalue weighted by Crippen LogP contribution is 2.53. The lowest BCUT2D eigenvalue weighted by Crippen LogP contribution is -2.59. The van der Waals surface area contributed by atoms with Crippen LogP contribution in [0, 0.1) is 29.6 Å². The molecule has 0 bridgehead atoms. The number of carbonyl (C=O) groups is 4. The van der Waals surface area contributed by atoms with Crippen molar-refractivity contribution in [3.8, 4) is 17.4 Å². The van der Waals surface area contributed by atoms with Crippen molar-refractivity contribution >= 4 is 44.6 Å². The fourth-order valence-corrected chi connectivity index (χ4v) is 10.8. The van der Waals surface area contributed by atoms with E-state index in [4.69, 9.17) is 14.2 Å². The van der Waals surface area contributed by atoms with E-state index in [-0.39, 0.29) is 60.1 Å². The number of carbonyl (C=O) groups excluding carboxylic acids is 4. The summed E-state index contributed by atoms with van der Waals surface area (Å²) < 4.78 is 77.6. The molecule has 1 unspecified atom stereocenters. The maximum Gasteiger partial charge on any atom is 0.586 e. The van der Waals surface area contributed by atoms with Gasteiger partial charge in [-0.15, -0.1) is 8.78 Å². The van der Waals surface area contributed by atoms with Crippen LogP contribution in [0.2, 0.25) is 0 Å². The molecule has 4 saturated carbocycles. The Morgan fingerprint density at radius 1 is 0.983 bits per heavy atom. The van der Waals surface area contributed by atoms with Crippen LogP contribution >= 0.6 is 0 Å². The molecular weight excluding hydrogens is 781 g/mol. The van der Waals surface area contributed by atoms with Gasteiger partial charge >= 0.3 is 12.4 Å². The molecule has 1 saturated heterocycles. The molecule has 7 aliphatic rings. The number of benzene rings is 1. The van der Waals surface area contributed by atoms with Gasteiger partial charge in [0.05, 0.1) is 11.8 Å². The third kappa shape index (κ3) is 7.52. The van der Waals surface area contributed by atoms with Crippen LogP contribution in [0.15, 0.2) is 36.5 Å². The van der Waals surface area contributed by atoms with Gasteiger partial charge in [0, 0.05) is 29.3 Å². The maximum absolute atomic E-state index is 14.9. The monoisotopic (exact) mass is 827 g/mol. The van der Waals surface area contributed by atoms with E-state index in [2.05, 4.69) is 32.0 Å². The van der Waals surface area contributed by atoms with E-state index in [0.717, 1.165) is 25.7 Å². The van der Waals surface area contributed by atoms with Gasteiger partial charge < -0.3 is 34.5 Å². The lowest BCUT2D eigenvalue weighted by molar-refractivity contribution is -0.286. The summed E-state index contributed by atoms with van der Waals surface area (Å²) in [5.74, 6) is -2.04. The average Bonchev–Trinajstić information content (AvgIpc) is 4.12. The molecule has 1 aromatic carbocycles. The number of rotatable bonds is 7. The number of fused-ring (bicyclic) bond motifs is 6. The van der Waals surface area contributed by atoms with Crippen molar-refractivity contribution in [2.75, 3.05) is 6.54 Å². The van der Waals surface area contributed by atoms with Gasteiger partial charge in [0.1, 0.15) is 29.8 Å². The number of alkyl halides is 2. The van der Waals surface area contributed by atoms with Crippen LogP contribution in [0.3, 0.4) is 0 Å². The summed E-state index contributed by atoms with van der Waals surface area (Å²) in [6.45, 7) is 3.79. The minimum atomic E-state index is -3.95. The molecule has 4 heterocycles. The summed E-state index contributed by atoms with van der Waals surface area (Å²) in [5.41, 5.74) is -1.58. The van der Waals surface area contributed by atoms with E-state index in [1.165, 1.54) is 29.3 Å². The summed E-state index contributed by atoms with van der Waals surface area (Å²) in [5, 5.41) is 5.59. The van der Waals surface area contributed by atoms with Crippen LogP contribution in [-0.4, -0.2) is 90.0 Å². The summed E-state index contributed by atoms with van der Waals surface area (Å²) in [6.07, 6.45) is 5.06. The number of halogens is 2. The minimum Gasteiger partial charge on any atom is -0.472 e. The van der Waals surface area contributed by atoms with Gasteiger partial charge in [-0.25, -0.2) is 18.2 Å². The Hall–Kier alpha value is -4.74. The minimum absolute atomic E-state index is 0.0308. The predicted molar refractivity (Wildman–Crippen MR) is 201 cm³/mol. The highest BCUT2D eigenvalue weighted by molar-refractivity contribution is 7.91. The number of amides is 4. The molecule has 0 spiro atoms. The Kier molecular flexibility index (Phi) is 9.50. The van der Waals surface area contributed by atoms with E-state index in [0.29, 0.717) is 42.9 Å². The predicted octanol–water partition coefficient (Wildman–Crippen LogP) is 4.29. The Morgan fingerprint density at radius 3 is 2.52 bits per heavy atom. The molecule has 58 heavy (non-hydrogen) atoms. The molecule has 312 valence electrons. The number of hydrogen-bond donors (Lipinski definition) is 3. The molecule has 1 aromatic heterocycles. The third-order valence-corrected chi connectivity index (χ3v) is 14.7. The number of aromatic nitrogens is 1. The first-order valence-corrected chi connectivity index (χ1v) is 21.8. The molecule has 4 aliphatic carbocycles. The van der Waals surface area contributed by atoms with Gasteiger partial charge in [-0.1, -0.05) is 26.0 Å². The number of pyridine rings is 1. The highest BCUT2D eigenvalue weighted by Gasteiger charge is 2.62. The van der Waals surface area contributed by atoms with Crippen LogP contribution in [0.4, 0.5) is 13.6 Å². The zero-order chi connectivity index (χ0) is 40.7. The Bertz CT molecular complexity index is 2180. The lowest BCUT2D eigenvalue weighted by Gasteiger charge is -2.33. The summed E-state index contributed by atoms with van der Waals surface area (Å²) in [4.78, 5) is 62.3. The lowest BCUT2D eigenvalue weighted by atomic mass is 9.88. The number of nitrogens with zero attached hydrogens (tertiary/aromatic N) is 2. The van der Waals surface area contributed by atoms with Crippen molar-refractivity contribution in [1.82, 2.24) is 25.2 Å². The first-order valence-electron chi connectivity index (χ1n) is 20.3. The normalized spacial score (nSPS) is 35.7. The molecule has 3 N–H and O–H groups in total. The quantitative estimate of drug-likeness (QED) is 0.338. The number of alkyl carbamates (subject to hydrolysis) is 1. The van der Waals surface area contributed by atoms with Crippen molar-refractivity contribution in [2.24, 2.45) is 29.6 Å². The van der Waals surface area contributed by atoms with Crippen LogP contribution < -0.4 is 29.6 Å². The second-order valence-electron chi connectivity index (χ2n) is 17.4. The molecule has 2 aromatic rings. The van der Waals surface area contributed by atoms with Gasteiger partial charge in [0.2, 0.25) is 27.7 Å². The van der Waals surface area contributed by atoms with Crippen molar-refractivity contribution in [3.05, 3.63) is 36.5 Å². The van der Waals surface area contributed by atoms with E-state index < -0.39 is 75.0 Å². The van der Waals surface area contributed by atoms with E-state index in [1.807, 2.05) is 19.1 Å². The second-order valence-corrected chi connectivity index (χ2v) is 19.4. The smallest absolute Gasteiger partial charge is 0.472 e. The molecule has 0 radical (unpaired) electrons. The highest BCUT2D eigenvalue weighted by atomic mass is 32.2. The first kappa shape index (κ1) is 38.8. The number of ether oxygens (including phenoxy) is 4. The SMILES string of the molecule is C[C@H]1CC/C=C\[C@@H]2C[C@@]2(C(=O)NS(=O)(=O)C2CC2)NC(=O)[C@@H]2C[C@@H](Oc3nccc4c5c(ccc34)OC(F)(F)O5)CN2C(=O)[C@@H](NC(=O)OC2C[C@@H]3C[C@@H]3C2)[C@H](C)C1. The average molecular weight is 828 g/mol. The number of nitrogens with one attached hydrogen (secondary N) is 3. The summed E-state index contributed by atoms with van der Waals surface area (Å²) in [6, 6.07) is 1.96. The number of hydrogen-bond acceptors (Lipinski definition) is 11. The third-order valence-electron chi connectivity index (χ3n) is 12.9. The molecule has 18 heteroatoms. The number of sulfonamides is 1. The molecule has 5 fully saturated rings. The Morgan fingerprint density at radius 2 is 1.76 bits per heavy atom. The van der Waals surface area contributed by atoms with Gasteiger partial charge in [-0.05, 0) is 99.7 Å². The van der Waals surface area contributed by atoms with E-state index >= 15 is 0 Å². The molecule has 4 amide bonds. The van der Waals surface area contributed by atoms with Crippen LogP contribution in [-0.2, 0) is 29.1 Å². The Balaban J connectivity index is 1.02. The summed E-state index contributed by atoms with van der Waals surface area (Å²) >= 11 is 0. The Labute approximate surface area is 334 Å². The van der Waals surface area contributed by atoms with Crippen molar-refractivity contribution in [1.29, 1.82) is 0 Å². The molecule has 15 nitrogen and oxygen atoms in total. The van der Waals surface area contributed by atoms with Gasteiger partial charge in [0.25, 0.3) is 5.91 Å². The first-order chi connectivity index (χ1) is 27.6. The fourth-order valence-electron chi connectivity index (χ4n) is 9.45. The van der Waals surface area contributed by atoms with Gasteiger partial charge in [-0.2, -0.15) is 0 Å². The topological polar surface area (TPSA) is 192 Å². The van der Waals surface area contributed by atoms with Gasteiger partial charge in [0.15, 0.2) is 11.5 Å². The van der Waals surface area contributed by atoms with Crippen molar-refractivity contribution in [2.45, 2.75) is 119 Å². The van der Waals surface area contributed by atoms with Crippen molar-refractivity contribution < 1.29 is 55.3 Å². The summed E-state index contributed by atoms with van der Waals surface area (Å²) in [7, 11) is -3.95. The van der Waals surface area contributed by atoms with Crippen LogP contribution in [0.5, 0.6) is 17.4 Å². The van der Waals surface area contributed by atoms with Crippen LogP contribution in [0.25, 0.3) is 10.8 Å². The molecule has 3 aliphatic heterocycles. The van der Waals surface area contributed by atoms with Crippen LogP contribution in [0.1, 0.15) is 78.1 Å². The zero-order valence-corrected chi connectivity index (χ0v) is 33.0. The maximum atomic E-state index is 14.9.